The van der Waals surface area contributed by atoms with E-state index in [0.29, 0.717) is 0 Å². The van der Waals surface area contributed by atoms with Gasteiger partial charge in [-0.2, -0.15) is 0 Å². The first kappa shape index (κ1) is 20.9. The van der Waals surface area contributed by atoms with Crippen LogP contribution in [0.2, 0.25) is 0 Å². The van der Waals surface area contributed by atoms with Gasteiger partial charge in [-0.3, -0.25) is 0 Å². The molecule has 0 aliphatic heterocycles. The van der Waals surface area contributed by atoms with Crippen molar-refractivity contribution in [3.8, 4) is 0 Å². The molecule has 3 atom stereocenters. The zero-order valence-corrected chi connectivity index (χ0v) is 18.9. The van der Waals surface area contributed by atoms with Gasteiger partial charge in [0.05, 0.1) is 0 Å². The number of allylic oxidation sites excluding steroid dienone is 12. The van der Waals surface area contributed by atoms with E-state index in [9.17, 15) is 0 Å². The topological polar surface area (TPSA) is 0 Å². The van der Waals surface area contributed by atoms with Crippen molar-refractivity contribution in [1.29, 1.82) is 0 Å². The fourth-order valence-electron chi connectivity index (χ4n) is 5.53. The second kappa shape index (κ2) is 8.42. The summed E-state index contributed by atoms with van der Waals surface area (Å²) in [5.74, 6) is 0. The van der Waals surface area contributed by atoms with Crippen molar-refractivity contribution in [1.82, 2.24) is 0 Å². The molecule has 0 nitrogen and oxygen atoms in total. The summed E-state index contributed by atoms with van der Waals surface area (Å²) >= 11 is 0. The first-order chi connectivity index (χ1) is 14.6. The Kier molecular flexibility index (Phi) is 5.87. The zero-order chi connectivity index (χ0) is 21.1. The van der Waals surface area contributed by atoms with Gasteiger partial charge in [0.1, 0.15) is 0 Å². The maximum Gasteiger partial charge on any atom is 0.0167 e. The molecule has 0 aromatic heterocycles. The molecular weight excluding hydrogens is 360 g/mol. The van der Waals surface area contributed by atoms with Crippen LogP contribution in [0.25, 0.3) is 0 Å². The molecule has 0 heteroatoms. The van der Waals surface area contributed by atoms with E-state index >= 15 is 0 Å². The average molecular weight is 397 g/mol. The summed E-state index contributed by atoms with van der Waals surface area (Å²) in [7, 11) is 0. The summed E-state index contributed by atoms with van der Waals surface area (Å²) in [6.45, 7) is 7.02. The Morgan fingerprint density at radius 3 is 1.00 bits per heavy atom. The van der Waals surface area contributed by atoms with Gasteiger partial charge in [0.25, 0.3) is 0 Å². The van der Waals surface area contributed by atoms with Crippen molar-refractivity contribution in [2.24, 2.45) is 0 Å². The molecule has 0 radical (unpaired) electrons. The van der Waals surface area contributed by atoms with Crippen LogP contribution in [-0.2, 0) is 16.2 Å². The van der Waals surface area contributed by atoms with Crippen LogP contribution in [0, 0.1) is 0 Å². The van der Waals surface area contributed by atoms with E-state index in [2.05, 4.69) is 112 Å². The standard InChI is InChI=1S/C30H36/c1-4-28(16-10-7-11-17-28)25-22-26(29(5-2)18-12-8-13-19-29)24-27(23-25)30(6-3)20-14-9-15-21-30/h7-16,18,20,22-24H,4-6,17,19,21H2,1-3H3. The molecule has 1 aromatic carbocycles. The molecule has 4 rings (SSSR count). The summed E-state index contributed by atoms with van der Waals surface area (Å²) in [4.78, 5) is 0. The van der Waals surface area contributed by atoms with E-state index in [1.165, 1.54) is 16.7 Å². The fourth-order valence-corrected chi connectivity index (χ4v) is 5.53. The lowest BCUT2D eigenvalue weighted by Gasteiger charge is -2.39. The highest BCUT2D eigenvalue weighted by Crippen LogP contribution is 2.45. The Morgan fingerprint density at radius 2 is 0.800 bits per heavy atom. The monoisotopic (exact) mass is 396 g/mol. The van der Waals surface area contributed by atoms with E-state index in [1.54, 1.807) is 0 Å². The molecule has 3 aliphatic carbocycles. The molecular formula is C30H36. The van der Waals surface area contributed by atoms with E-state index in [0.717, 1.165) is 38.5 Å². The van der Waals surface area contributed by atoms with Gasteiger partial charge in [0.15, 0.2) is 0 Å². The van der Waals surface area contributed by atoms with Gasteiger partial charge in [-0.15, -0.1) is 0 Å². The molecule has 30 heavy (non-hydrogen) atoms. The minimum absolute atomic E-state index is 0.103. The normalized spacial score (nSPS) is 32.1. The van der Waals surface area contributed by atoms with Gasteiger partial charge in [-0.25, -0.2) is 0 Å². The van der Waals surface area contributed by atoms with E-state index in [4.69, 9.17) is 0 Å². The highest BCUT2D eigenvalue weighted by molar-refractivity contribution is 5.49. The predicted molar refractivity (Wildman–Crippen MR) is 131 cm³/mol. The molecule has 0 saturated heterocycles. The summed E-state index contributed by atoms with van der Waals surface area (Å²) in [6, 6.07) is 7.61. The van der Waals surface area contributed by atoms with Crippen molar-refractivity contribution < 1.29 is 0 Å². The molecule has 0 fully saturated rings. The minimum Gasteiger partial charge on any atom is -0.0833 e. The fraction of sp³-hybridized carbons (Fsp3) is 0.400. The molecule has 0 saturated carbocycles. The SMILES string of the molecule is CCC1(c2cc(C3(CC)C=CC=CC3)cc(C3(CC)C=CC=CC3)c2)C=CC=CC1. The number of benzene rings is 1. The Balaban J connectivity index is 1.93. The van der Waals surface area contributed by atoms with Gasteiger partial charge in [0, 0.05) is 16.2 Å². The van der Waals surface area contributed by atoms with Gasteiger partial charge in [0.2, 0.25) is 0 Å². The van der Waals surface area contributed by atoms with Gasteiger partial charge < -0.3 is 0 Å². The third kappa shape index (κ3) is 3.51. The van der Waals surface area contributed by atoms with Crippen molar-refractivity contribution in [2.45, 2.75) is 75.5 Å². The first-order valence-corrected chi connectivity index (χ1v) is 11.8. The average Bonchev–Trinajstić information content (AvgIpc) is 2.85. The minimum atomic E-state index is 0.103. The van der Waals surface area contributed by atoms with E-state index in [-0.39, 0.29) is 16.2 Å². The molecule has 0 spiro atoms. The lowest BCUT2D eigenvalue weighted by atomic mass is 9.65. The van der Waals surface area contributed by atoms with Gasteiger partial charge >= 0.3 is 0 Å². The van der Waals surface area contributed by atoms with Crippen molar-refractivity contribution in [3.63, 3.8) is 0 Å². The summed E-state index contributed by atoms with van der Waals surface area (Å²) in [5, 5.41) is 0. The summed E-state index contributed by atoms with van der Waals surface area (Å²) in [6.07, 6.45) is 34.3. The molecule has 3 aliphatic rings. The number of hydrogen-bond donors (Lipinski definition) is 0. The number of rotatable bonds is 6. The van der Waals surface area contributed by atoms with Crippen LogP contribution in [-0.4, -0.2) is 0 Å². The van der Waals surface area contributed by atoms with Crippen LogP contribution in [0.4, 0.5) is 0 Å². The lowest BCUT2D eigenvalue weighted by molar-refractivity contribution is 0.484. The molecule has 0 N–H and O–H groups in total. The van der Waals surface area contributed by atoms with Crippen molar-refractivity contribution >= 4 is 0 Å². The van der Waals surface area contributed by atoms with Crippen molar-refractivity contribution in [2.75, 3.05) is 0 Å². The molecule has 3 unspecified atom stereocenters. The molecule has 0 heterocycles. The van der Waals surface area contributed by atoms with Crippen LogP contribution >= 0.6 is 0 Å². The lowest BCUT2D eigenvalue weighted by Crippen LogP contribution is -2.30. The highest BCUT2D eigenvalue weighted by Gasteiger charge is 2.36. The Bertz CT molecular complexity index is 814. The highest BCUT2D eigenvalue weighted by atomic mass is 14.4. The smallest absolute Gasteiger partial charge is 0.0167 e. The van der Waals surface area contributed by atoms with E-state index < -0.39 is 0 Å². The third-order valence-electron chi connectivity index (χ3n) is 7.98. The maximum atomic E-state index is 2.54. The van der Waals surface area contributed by atoms with Crippen LogP contribution < -0.4 is 0 Å². The van der Waals surface area contributed by atoms with E-state index in [1.807, 2.05) is 0 Å². The number of hydrogen-bond acceptors (Lipinski definition) is 0. The Hall–Kier alpha value is -2.34. The molecule has 0 bridgehead atoms. The first-order valence-electron chi connectivity index (χ1n) is 11.8. The summed E-state index contributed by atoms with van der Waals surface area (Å²) < 4.78 is 0. The Labute approximate surface area is 183 Å². The van der Waals surface area contributed by atoms with Crippen LogP contribution in [0.3, 0.4) is 0 Å². The quantitative estimate of drug-likeness (QED) is 0.455. The van der Waals surface area contributed by atoms with Gasteiger partial charge in [-0.1, -0.05) is 112 Å². The summed E-state index contributed by atoms with van der Waals surface area (Å²) in [5.41, 5.74) is 4.78. The second-order valence-corrected chi connectivity index (χ2v) is 9.30. The zero-order valence-electron chi connectivity index (χ0n) is 18.9. The Morgan fingerprint density at radius 1 is 0.500 bits per heavy atom. The molecule has 156 valence electrons. The van der Waals surface area contributed by atoms with Crippen LogP contribution in [0.1, 0.15) is 76.0 Å². The van der Waals surface area contributed by atoms with Gasteiger partial charge in [-0.05, 0) is 55.2 Å². The predicted octanol–water partition coefficient (Wildman–Crippen LogP) is 8.18. The molecule has 0 amide bonds. The van der Waals surface area contributed by atoms with Crippen LogP contribution in [0.5, 0.6) is 0 Å². The largest absolute Gasteiger partial charge is 0.0833 e. The third-order valence-corrected chi connectivity index (χ3v) is 7.98. The second-order valence-electron chi connectivity index (χ2n) is 9.30. The maximum absolute atomic E-state index is 2.54. The molecule has 1 aromatic rings. The van der Waals surface area contributed by atoms with Crippen LogP contribution in [0.15, 0.2) is 91.1 Å². The van der Waals surface area contributed by atoms with Crippen molar-refractivity contribution in [3.05, 3.63) is 108 Å².